The van der Waals surface area contributed by atoms with Gasteiger partial charge in [0, 0.05) is 38.3 Å². The number of morpholine rings is 1. The lowest BCUT2D eigenvalue weighted by atomic mass is 9.84. The minimum absolute atomic E-state index is 0.0399. The highest BCUT2D eigenvalue weighted by Crippen LogP contribution is 2.44. The van der Waals surface area contributed by atoms with E-state index in [1.165, 1.54) is 0 Å². The predicted molar refractivity (Wildman–Crippen MR) is 105 cm³/mol. The molecule has 0 aromatic heterocycles. The standard InChI is InChI=1S/C21H28N4O4/c26-17-3-1-2-14(8-17)12-24-6-7-29-21(13-24)9-15-4-5-16(10-21)25(15)19(27)18-11-22-20(28)23-18/h1-3,8,15-16,18,26H,4-7,9-13H2,(H2,22,23,28)/t15-,16+,18?,21?. The normalized spacial score (nSPS) is 34.3. The van der Waals surface area contributed by atoms with Crippen molar-refractivity contribution in [3.05, 3.63) is 29.8 Å². The van der Waals surface area contributed by atoms with Crippen LogP contribution in [0.1, 0.15) is 31.2 Å². The summed E-state index contributed by atoms with van der Waals surface area (Å²) in [5, 5.41) is 15.1. The molecule has 4 atom stereocenters. The van der Waals surface area contributed by atoms with Crippen LogP contribution in [0.4, 0.5) is 4.79 Å². The third kappa shape index (κ3) is 3.55. The molecule has 4 heterocycles. The van der Waals surface area contributed by atoms with Crippen LogP contribution in [0.15, 0.2) is 24.3 Å². The first-order chi connectivity index (χ1) is 14.0. The van der Waals surface area contributed by atoms with E-state index < -0.39 is 6.04 Å². The molecule has 0 saturated carbocycles. The van der Waals surface area contributed by atoms with Crippen molar-refractivity contribution >= 4 is 11.9 Å². The number of benzene rings is 1. The van der Waals surface area contributed by atoms with Gasteiger partial charge in [0.15, 0.2) is 0 Å². The molecule has 3 N–H and O–H groups in total. The van der Waals surface area contributed by atoms with E-state index in [-0.39, 0.29) is 29.6 Å². The lowest BCUT2D eigenvalue weighted by Gasteiger charge is -2.50. The minimum Gasteiger partial charge on any atom is -0.508 e. The molecule has 4 aliphatic rings. The van der Waals surface area contributed by atoms with Gasteiger partial charge in [0.1, 0.15) is 11.8 Å². The Morgan fingerprint density at radius 2 is 2.07 bits per heavy atom. The Labute approximate surface area is 170 Å². The van der Waals surface area contributed by atoms with Gasteiger partial charge < -0.3 is 25.4 Å². The summed E-state index contributed by atoms with van der Waals surface area (Å²) in [6, 6.07) is 7.07. The fourth-order valence-electron chi connectivity index (χ4n) is 5.67. The number of fused-ring (bicyclic) bond motifs is 2. The van der Waals surface area contributed by atoms with Crippen LogP contribution in [0.2, 0.25) is 0 Å². The number of amides is 3. The summed E-state index contributed by atoms with van der Waals surface area (Å²) in [5.74, 6) is 0.335. The highest BCUT2D eigenvalue weighted by Gasteiger charge is 2.53. The number of hydrogen-bond donors (Lipinski definition) is 3. The molecule has 2 bridgehead atoms. The number of carbonyl (C=O) groups excluding carboxylic acids is 2. The monoisotopic (exact) mass is 400 g/mol. The van der Waals surface area contributed by atoms with Crippen molar-refractivity contribution in [1.82, 2.24) is 20.4 Å². The number of ether oxygens (including phenoxy) is 1. The SMILES string of the molecule is O=C1NCC(C(=O)N2[C@@H]3CC[C@H]2CC2(C3)CN(Cc3cccc(O)c3)CCO2)N1. The Bertz CT molecular complexity index is 802. The van der Waals surface area contributed by atoms with Gasteiger partial charge in [-0.3, -0.25) is 9.69 Å². The Morgan fingerprint density at radius 1 is 1.28 bits per heavy atom. The van der Waals surface area contributed by atoms with Crippen LogP contribution in [0.25, 0.3) is 0 Å². The topological polar surface area (TPSA) is 94.1 Å². The number of rotatable bonds is 3. The van der Waals surface area contributed by atoms with E-state index in [0.29, 0.717) is 18.9 Å². The molecule has 4 saturated heterocycles. The summed E-state index contributed by atoms with van der Waals surface area (Å²) in [6.45, 7) is 3.56. The van der Waals surface area contributed by atoms with Gasteiger partial charge in [0.2, 0.25) is 5.91 Å². The van der Waals surface area contributed by atoms with Crippen molar-refractivity contribution in [1.29, 1.82) is 0 Å². The van der Waals surface area contributed by atoms with Gasteiger partial charge in [-0.1, -0.05) is 12.1 Å². The fraction of sp³-hybridized carbons (Fsp3) is 0.619. The Balaban J connectivity index is 1.27. The summed E-state index contributed by atoms with van der Waals surface area (Å²) in [4.78, 5) is 28.9. The maximum Gasteiger partial charge on any atom is 0.315 e. The fourth-order valence-corrected chi connectivity index (χ4v) is 5.67. The van der Waals surface area contributed by atoms with E-state index in [9.17, 15) is 14.7 Å². The van der Waals surface area contributed by atoms with Crippen molar-refractivity contribution in [2.24, 2.45) is 0 Å². The van der Waals surface area contributed by atoms with E-state index in [0.717, 1.165) is 50.9 Å². The van der Waals surface area contributed by atoms with Crippen LogP contribution in [-0.4, -0.2) is 76.8 Å². The van der Waals surface area contributed by atoms with Crippen LogP contribution < -0.4 is 10.6 Å². The Kier molecular flexibility index (Phi) is 4.63. The van der Waals surface area contributed by atoms with Crippen LogP contribution in [0, 0.1) is 0 Å². The van der Waals surface area contributed by atoms with Crippen LogP contribution >= 0.6 is 0 Å². The van der Waals surface area contributed by atoms with Gasteiger partial charge in [-0.15, -0.1) is 0 Å². The first-order valence-electron chi connectivity index (χ1n) is 10.5. The van der Waals surface area contributed by atoms with E-state index >= 15 is 0 Å². The number of phenols is 1. The second kappa shape index (κ2) is 7.18. The summed E-state index contributed by atoms with van der Waals surface area (Å²) in [6.07, 6.45) is 3.70. The Hall–Kier alpha value is -2.32. The molecular weight excluding hydrogens is 372 g/mol. The van der Waals surface area contributed by atoms with E-state index in [4.69, 9.17) is 4.74 Å². The highest BCUT2D eigenvalue weighted by atomic mass is 16.5. The highest BCUT2D eigenvalue weighted by molar-refractivity contribution is 5.91. The number of phenolic OH excluding ortho intramolecular Hbond substituents is 1. The maximum atomic E-state index is 13.0. The van der Waals surface area contributed by atoms with Gasteiger partial charge in [-0.2, -0.15) is 0 Å². The number of nitrogens with zero attached hydrogens (tertiary/aromatic N) is 2. The van der Waals surface area contributed by atoms with Gasteiger partial charge in [-0.05, 0) is 43.4 Å². The summed E-state index contributed by atoms with van der Waals surface area (Å²) in [5.41, 5.74) is 0.886. The summed E-state index contributed by atoms with van der Waals surface area (Å²) < 4.78 is 6.34. The molecule has 2 unspecified atom stereocenters. The Morgan fingerprint density at radius 3 is 2.76 bits per heavy atom. The van der Waals surface area contributed by atoms with Crippen molar-refractivity contribution in [2.75, 3.05) is 26.2 Å². The number of carbonyl (C=O) groups is 2. The molecule has 1 spiro atoms. The zero-order chi connectivity index (χ0) is 20.0. The first-order valence-corrected chi connectivity index (χ1v) is 10.5. The maximum absolute atomic E-state index is 13.0. The number of aromatic hydroxyl groups is 1. The molecule has 1 aromatic carbocycles. The smallest absolute Gasteiger partial charge is 0.315 e. The van der Waals surface area contributed by atoms with E-state index in [1.807, 2.05) is 23.1 Å². The van der Waals surface area contributed by atoms with Crippen molar-refractivity contribution in [2.45, 2.75) is 56.0 Å². The lowest BCUT2D eigenvalue weighted by molar-refractivity contribution is -0.163. The quantitative estimate of drug-likeness (QED) is 0.698. The van der Waals surface area contributed by atoms with Crippen LogP contribution in [-0.2, 0) is 16.1 Å². The second-order valence-electron chi connectivity index (χ2n) is 8.86. The summed E-state index contributed by atoms with van der Waals surface area (Å²) >= 11 is 0. The molecule has 29 heavy (non-hydrogen) atoms. The second-order valence-corrected chi connectivity index (χ2v) is 8.86. The first kappa shape index (κ1) is 18.7. The molecule has 5 rings (SSSR count). The van der Waals surface area contributed by atoms with E-state index in [1.54, 1.807) is 6.07 Å². The molecule has 8 nitrogen and oxygen atoms in total. The van der Waals surface area contributed by atoms with Crippen molar-refractivity contribution in [3.8, 4) is 5.75 Å². The molecular formula is C21H28N4O4. The van der Waals surface area contributed by atoms with Crippen LogP contribution in [0.5, 0.6) is 5.75 Å². The van der Waals surface area contributed by atoms with Gasteiger partial charge >= 0.3 is 6.03 Å². The molecule has 156 valence electrons. The minimum atomic E-state index is -0.450. The molecule has 3 amide bonds. The van der Waals surface area contributed by atoms with Crippen molar-refractivity contribution < 1.29 is 19.4 Å². The number of piperidine rings is 1. The lowest BCUT2D eigenvalue weighted by Crippen LogP contribution is -2.62. The summed E-state index contributed by atoms with van der Waals surface area (Å²) in [7, 11) is 0. The molecule has 4 aliphatic heterocycles. The average molecular weight is 400 g/mol. The zero-order valence-corrected chi connectivity index (χ0v) is 16.5. The third-order valence-electron chi connectivity index (χ3n) is 6.80. The van der Waals surface area contributed by atoms with Gasteiger partial charge in [0.25, 0.3) is 0 Å². The van der Waals surface area contributed by atoms with Gasteiger partial charge in [0.05, 0.1) is 12.2 Å². The van der Waals surface area contributed by atoms with E-state index in [2.05, 4.69) is 15.5 Å². The zero-order valence-electron chi connectivity index (χ0n) is 16.5. The number of urea groups is 1. The van der Waals surface area contributed by atoms with Crippen LogP contribution in [0.3, 0.4) is 0 Å². The molecule has 4 fully saturated rings. The van der Waals surface area contributed by atoms with Gasteiger partial charge in [-0.25, -0.2) is 4.79 Å². The van der Waals surface area contributed by atoms with Crippen molar-refractivity contribution in [3.63, 3.8) is 0 Å². The largest absolute Gasteiger partial charge is 0.508 e. The number of nitrogens with one attached hydrogen (secondary N) is 2. The number of hydrogen-bond acceptors (Lipinski definition) is 5. The average Bonchev–Trinajstić information content (AvgIpc) is 3.23. The molecule has 8 heteroatoms. The predicted octanol–water partition coefficient (Wildman–Crippen LogP) is 0.798. The molecule has 1 aromatic rings. The molecule has 0 radical (unpaired) electrons. The third-order valence-corrected chi connectivity index (χ3v) is 6.80. The molecule has 0 aliphatic carbocycles.